The van der Waals surface area contributed by atoms with Crippen molar-refractivity contribution in [3.05, 3.63) is 60.7 Å². The van der Waals surface area contributed by atoms with E-state index in [4.69, 9.17) is 30.3 Å². The largest absolute Gasteiger partial charge is 0.596 e. The standard InChI is InChI=1S/C12H12O7P2.C2H8N2/c13-20(14,15)19-21(16,17-11-7-3-1-4-8-11)18-12-9-5-2-6-10-12;1-2(3)4/h1-10H,(H2,13,14,15);2H,3-4H2,1H3. The van der Waals surface area contributed by atoms with Crippen LogP contribution in [0.1, 0.15) is 6.92 Å². The first-order valence-electron chi connectivity index (χ1n) is 6.97. The molecule has 25 heavy (non-hydrogen) atoms. The van der Waals surface area contributed by atoms with Crippen LogP contribution in [0.25, 0.3) is 0 Å². The molecule has 0 saturated heterocycles. The molecule has 2 aromatic carbocycles. The van der Waals surface area contributed by atoms with Gasteiger partial charge in [0.25, 0.3) is 0 Å². The van der Waals surface area contributed by atoms with Gasteiger partial charge in [0.2, 0.25) is 0 Å². The van der Waals surface area contributed by atoms with Crippen LogP contribution in [-0.2, 0) is 13.4 Å². The quantitative estimate of drug-likeness (QED) is 0.430. The maximum absolute atomic E-state index is 12.4. The highest BCUT2D eigenvalue weighted by molar-refractivity contribution is 7.61. The average molecular weight is 390 g/mol. The molecule has 0 aliphatic heterocycles. The van der Waals surface area contributed by atoms with Crippen LogP contribution in [0, 0.1) is 0 Å². The summed E-state index contributed by atoms with van der Waals surface area (Å²) in [6.45, 7) is 1.72. The highest BCUT2D eigenvalue weighted by Gasteiger charge is 2.39. The second-order valence-corrected chi connectivity index (χ2v) is 7.58. The lowest BCUT2D eigenvalue weighted by molar-refractivity contribution is 0.233. The third-order valence-electron chi connectivity index (χ3n) is 2.13. The van der Waals surface area contributed by atoms with Gasteiger partial charge in [-0.15, -0.1) is 0 Å². The van der Waals surface area contributed by atoms with Crippen molar-refractivity contribution in [2.75, 3.05) is 0 Å². The average Bonchev–Trinajstić information content (AvgIpc) is 2.46. The molecule has 0 spiro atoms. The predicted octanol–water partition coefficient (Wildman–Crippen LogP) is 2.61. The monoisotopic (exact) mass is 390 g/mol. The lowest BCUT2D eigenvalue weighted by Crippen LogP contribution is -2.25. The van der Waals surface area contributed by atoms with Crippen molar-refractivity contribution in [1.82, 2.24) is 0 Å². The molecule has 6 N–H and O–H groups in total. The minimum absolute atomic E-state index is 0.0882. The zero-order valence-corrected chi connectivity index (χ0v) is 15.1. The summed E-state index contributed by atoms with van der Waals surface area (Å²) in [4.78, 5) is 17.7. The first-order valence-corrected chi connectivity index (χ1v) is 9.96. The molecular weight excluding hydrogens is 370 g/mol. The van der Waals surface area contributed by atoms with E-state index < -0.39 is 15.6 Å². The Morgan fingerprint density at radius 3 is 1.44 bits per heavy atom. The van der Waals surface area contributed by atoms with Crippen LogP contribution < -0.4 is 20.5 Å². The molecule has 2 rings (SSSR count). The van der Waals surface area contributed by atoms with E-state index in [0.29, 0.717) is 0 Å². The van der Waals surface area contributed by atoms with Crippen LogP contribution >= 0.6 is 15.6 Å². The fraction of sp³-hybridized carbons (Fsp3) is 0.143. The Balaban J connectivity index is 0.000000705. The van der Waals surface area contributed by atoms with Crippen molar-refractivity contribution < 1.29 is 32.3 Å². The van der Waals surface area contributed by atoms with Gasteiger partial charge in [0.15, 0.2) is 0 Å². The molecule has 0 fully saturated rings. The first kappa shape index (κ1) is 21.3. The Morgan fingerprint density at radius 2 is 1.16 bits per heavy atom. The van der Waals surface area contributed by atoms with E-state index in [9.17, 15) is 9.13 Å². The van der Waals surface area contributed by atoms with Gasteiger partial charge in [-0.25, -0.2) is 9.13 Å². The number of para-hydroxylation sites is 2. The van der Waals surface area contributed by atoms with E-state index in [0.717, 1.165) is 0 Å². The van der Waals surface area contributed by atoms with Gasteiger partial charge in [-0.05, 0) is 31.2 Å². The molecule has 0 heterocycles. The van der Waals surface area contributed by atoms with E-state index in [1.54, 1.807) is 43.3 Å². The molecule has 2 aromatic rings. The van der Waals surface area contributed by atoms with Gasteiger partial charge >= 0.3 is 15.6 Å². The van der Waals surface area contributed by atoms with Gasteiger partial charge in [-0.3, -0.25) is 0 Å². The zero-order chi connectivity index (χ0) is 18.9. The number of phosphoric ester groups is 1. The van der Waals surface area contributed by atoms with Crippen LogP contribution in [0.15, 0.2) is 60.7 Å². The van der Waals surface area contributed by atoms with Gasteiger partial charge < -0.3 is 30.3 Å². The SMILES string of the molecule is CC(N)N.O=P(O)(O)OP(=O)(Oc1ccccc1)Oc1ccccc1. The highest BCUT2D eigenvalue weighted by atomic mass is 31.3. The third-order valence-corrected chi connectivity index (χ3v) is 4.65. The first-order chi connectivity index (χ1) is 11.6. The van der Waals surface area contributed by atoms with E-state index in [2.05, 4.69) is 4.31 Å². The molecule has 0 amide bonds. The molecule has 0 unspecified atom stereocenters. The smallest absolute Gasteiger partial charge is 0.395 e. The number of hydrogen-bond acceptors (Lipinski definition) is 7. The second-order valence-electron chi connectivity index (χ2n) is 4.69. The minimum Gasteiger partial charge on any atom is -0.395 e. The molecule has 0 radical (unpaired) electrons. The molecule has 0 aromatic heterocycles. The normalized spacial score (nSPS) is 11.4. The van der Waals surface area contributed by atoms with Crippen LogP contribution in [0.3, 0.4) is 0 Å². The van der Waals surface area contributed by atoms with Crippen molar-refractivity contribution in [1.29, 1.82) is 0 Å². The van der Waals surface area contributed by atoms with Crippen LogP contribution in [-0.4, -0.2) is 16.0 Å². The van der Waals surface area contributed by atoms with E-state index in [1.807, 2.05) is 0 Å². The Labute approximate surface area is 145 Å². The summed E-state index contributed by atoms with van der Waals surface area (Å²) in [5, 5.41) is 0. The summed E-state index contributed by atoms with van der Waals surface area (Å²) in [5.74, 6) is 0.176. The van der Waals surface area contributed by atoms with Crippen LogP contribution in [0.5, 0.6) is 11.5 Å². The molecule has 0 bridgehead atoms. The van der Waals surface area contributed by atoms with Crippen molar-refractivity contribution in [3.63, 3.8) is 0 Å². The summed E-state index contributed by atoms with van der Waals surface area (Å²) >= 11 is 0. The third kappa shape index (κ3) is 10.0. The number of benzene rings is 2. The molecule has 138 valence electrons. The Bertz CT molecular complexity index is 674. The Hall–Kier alpha value is -1.70. The van der Waals surface area contributed by atoms with E-state index >= 15 is 0 Å². The van der Waals surface area contributed by atoms with E-state index in [1.165, 1.54) is 24.3 Å². The molecule has 11 heteroatoms. The molecule has 0 aliphatic carbocycles. The number of nitrogens with two attached hydrogens (primary N) is 2. The van der Waals surface area contributed by atoms with Crippen LogP contribution in [0.4, 0.5) is 0 Å². The number of rotatable bonds is 6. The zero-order valence-electron chi connectivity index (χ0n) is 13.3. The second kappa shape index (κ2) is 9.70. The fourth-order valence-electron chi connectivity index (χ4n) is 1.40. The van der Waals surface area contributed by atoms with Gasteiger partial charge in [0.1, 0.15) is 11.5 Å². The number of phosphoric acid groups is 2. The Kier molecular flexibility index (Phi) is 8.28. The van der Waals surface area contributed by atoms with Gasteiger partial charge in [-0.2, -0.15) is 4.31 Å². The molecule has 9 nitrogen and oxygen atoms in total. The maximum Gasteiger partial charge on any atom is 0.596 e. The molecule has 0 aliphatic rings. The highest BCUT2D eigenvalue weighted by Crippen LogP contribution is 2.60. The van der Waals surface area contributed by atoms with Crippen molar-refractivity contribution in [2.24, 2.45) is 11.5 Å². The summed E-state index contributed by atoms with van der Waals surface area (Å²) in [7, 11) is -9.62. The fourth-order valence-corrected chi connectivity index (χ4v) is 3.51. The lowest BCUT2D eigenvalue weighted by Gasteiger charge is -2.18. The summed E-state index contributed by atoms with van der Waals surface area (Å²) in [6.07, 6.45) is -0.167. The van der Waals surface area contributed by atoms with Crippen LogP contribution in [0.2, 0.25) is 0 Å². The summed E-state index contributed by atoms with van der Waals surface area (Å²) in [5.41, 5.74) is 9.78. The van der Waals surface area contributed by atoms with Crippen molar-refractivity contribution in [2.45, 2.75) is 13.1 Å². The van der Waals surface area contributed by atoms with Gasteiger partial charge in [-0.1, -0.05) is 36.4 Å². The number of hydrogen-bond donors (Lipinski definition) is 4. The molecule has 0 saturated carbocycles. The van der Waals surface area contributed by atoms with Gasteiger partial charge in [0.05, 0.1) is 0 Å². The Morgan fingerprint density at radius 1 is 0.840 bits per heavy atom. The minimum atomic E-state index is -5.07. The van der Waals surface area contributed by atoms with Gasteiger partial charge in [0, 0.05) is 6.17 Å². The van der Waals surface area contributed by atoms with E-state index in [-0.39, 0.29) is 17.7 Å². The predicted molar refractivity (Wildman–Crippen MR) is 92.7 cm³/mol. The molecular formula is C14H20N2O7P2. The topological polar surface area (TPSA) is 154 Å². The van der Waals surface area contributed by atoms with Crippen molar-refractivity contribution >= 4 is 15.6 Å². The molecule has 0 atom stereocenters. The maximum atomic E-state index is 12.4. The lowest BCUT2D eigenvalue weighted by atomic mass is 10.3. The summed E-state index contributed by atoms with van der Waals surface area (Å²) in [6, 6.07) is 15.6. The van der Waals surface area contributed by atoms with Crippen molar-refractivity contribution in [3.8, 4) is 11.5 Å². The summed E-state index contributed by atoms with van der Waals surface area (Å²) < 4.78 is 37.6.